The monoisotopic (exact) mass is 356 g/mol. The van der Waals surface area contributed by atoms with Gasteiger partial charge in [-0.3, -0.25) is 10.3 Å². The first kappa shape index (κ1) is 17.0. The quantitative estimate of drug-likeness (QED) is 0.731. The van der Waals surface area contributed by atoms with Crippen molar-refractivity contribution in [3.8, 4) is 11.4 Å². The molecule has 0 bridgehead atoms. The van der Waals surface area contributed by atoms with Crippen molar-refractivity contribution in [1.29, 1.82) is 0 Å². The number of carbonyl (C=O) groups is 1. The molecule has 0 fully saturated rings. The SMILES string of the molecule is CCCc1c(OC(=O)Nc2ccncc2)cnn1-c1ccc(Cl)cc1. The van der Waals surface area contributed by atoms with E-state index in [9.17, 15) is 4.79 Å². The summed E-state index contributed by atoms with van der Waals surface area (Å²) in [4.78, 5) is 16.0. The number of hydrogen-bond acceptors (Lipinski definition) is 4. The second-order valence-corrected chi connectivity index (χ2v) is 5.78. The van der Waals surface area contributed by atoms with Gasteiger partial charge in [0, 0.05) is 23.1 Å². The van der Waals surface area contributed by atoms with Crippen LogP contribution < -0.4 is 10.1 Å². The third-order valence-corrected chi connectivity index (χ3v) is 3.77. The number of nitrogens with one attached hydrogen (secondary N) is 1. The number of carbonyl (C=O) groups excluding carboxylic acids is 1. The molecule has 25 heavy (non-hydrogen) atoms. The number of amides is 1. The first-order valence-corrected chi connectivity index (χ1v) is 8.27. The smallest absolute Gasteiger partial charge is 0.406 e. The van der Waals surface area contributed by atoms with Crippen LogP contribution in [0, 0.1) is 0 Å². The Hall–Kier alpha value is -2.86. The van der Waals surface area contributed by atoms with Crippen molar-refractivity contribution in [2.75, 3.05) is 5.32 Å². The van der Waals surface area contributed by atoms with Gasteiger partial charge in [-0.05, 0) is 42.8 Å². The van der Waals surface area contributed by atoms with E-state index in [1.165, 1.54) is 0 Å². The number of rotatable bonds is 5. The lowest BCUT2D eigenvalue weighted by atomic mass is 10.2. The van der Waals surface area contributed by atoms with Crippen LogP contribution in [0.3, 0.4) is 0 Å². The van der Waals surface area contributed by atoms with Crippen LogP contribution in [0.25, 0.3) is 5.69 Å². The maximum atomic E-state index is 12.1. The molecule has 0 aliphatic heterocycles. The summed E-state index contributed by atoms with van der Waals surface area (Å²) in [7, 11) is 0. The van der Waals surface area contributed by atoms with E-state index in [4.69, 9.17) is 16.3 Å². The number of ether oxygens (including phenoxy) is 1. The largest absolute Gasteiger partial charge is 0.417 e. The van der Waals surface area contributed by atoms with Crippen LogP contribution >= 0.6 is 11.6 Å². The third kappa shape index (κ3) is 4.16. The Bertz CT molecular complexity index is 847. The summed E-state index contributed by atoms with van der Waals surface area (Å²) in [5, 5.41) is 7.67. The fraction of sp³-hybridized carbons (Fsp3) is 0.167. The van der Waals surface area contributed by atoms with Gasteiger partial charge in [0.1, 0.15) is 0 Å². The van der Waals surface area contributed by atoms with Gasteiger partial charge in [0.15, 0.2) is 5.75 Å². The number of nitrogens with zero attached hydrogens (tertiary/aromatic N) is 3. The summed E-state index contributed by atoms with van der Waals surface area (Å²) in [5.74, 6) is 0.434. The van der Waals surface area contributed by atoms with Crippen molar-refractivity contribution in [2.24, 2.45) is 0 Å². The summed E-state index contributed by atoms with van der Waals surface area (Å²) < 4.78 is 7.21. The van der Waals surface area contributed by atoms with Crippen molar-refractivity contribution < 1.29 is 9.53 Å². The Labute approximate surface area is 150 Å². The first-order valence-electron chi connectivity index (χ1n) is 7.89. The molecule has 0 saturated carbocycles. The van der Waals surface area contributed by atoms with Crippen molar-refractivity contribution in [1.82, 2.24) is 14.8 Å². The van der Waals surface area contributed by atoms with E-state index < -0.39 is 6.09 Å². The minimum Gasteiger partial charge on any atom is -0.406 e. The molecule has 0 unspecified atom stereocenters. The lowest BCUT2D eigenvalue weighted by Crippen LogP contribution is -2.17. The molecular weight excluding hydrogens is 340 g/mol. The topological polar surface area (TPSA) is 69.0 Å². The zero-order valence-corrected chi connectivity index (χ0v) is 14.4. The van der Waals surface area contributed by atoms with Crippen LogP contribution in [0.15, 0.2) is 55.0 Å². The van der Waals surface area contributed by atoms with Crippen LogP contribution in [0.1, 0.15) is 19.0 Å². The van der Waals surface area contributed by atoms with Gasteiger partial charge in [0.2, 0.25) is 0 Å². The fourth-order valence-electron chi connectivity index (χ4n) is 2.39. The number of benzene rings is 1. The van der Waals surface area contributed by atoms with Gasteiger partial charge in [-0.2, -0.15) is 5.10 Å². The van der Waals surface area contributed by atoms with E-state index in [1.807, 2.05) is 12.1 Å². The molecule has 2 heterocycles. The highest BCUT2D eigenvalue weighted by Crippen LogP contribution is 2.24. The van der Waals surface area contributed by atoms with E-state index in [2.05, 4.69) is 22.3 Å². The average molecular weight is 357 g/mol. The Kier molecular flexibility index (Phi) is 5.30. The van der Waals surface area contributed by atoms with Crippen LogP contribution in [0.2, 0.25) is 5.02 Å². The second kappa shape index (κ2) is 7.81. The molecular formula is C18H17ClN4O2. The van der Waals surface area contributed by atoms with Gasteiger partial charge in [-0.15, -0.1) is 0 Å². The average Bonchev–Trinajstić information content (AvgIpc) is 2.99. The first-order chi connectivity index (χ1) is 12.2. The summed E-state index contributed by atoms with van der Waals surface area (Å²) in [6.07, 6.45) is 5.78. The molecule has 1 amide bonds. The van der Waals surface area contributed by atoms with Gasteiger partial charge in [-0.25, -0.2) is 9.48 Å². The third-order valence-electron chi connectivity index (χ3n) is 3.52. The highest BCUT2D eigenvalue weighted by Gasteiger charge is 2.16. The molecule has 1 N–H and O–H groups in total. The zero-order chi connectivity index (χ0) is 17.6. The minimum atomic E-state index is -0.570. The van der Waals surface area contributed by atoms with Gasteiger partial charge >= 0.3 is 6.09 Å². The van der Waals surface area contributed by atoms with Crippen molar-refractivity contribution in [3.63, 3.8) is 0 Å². The number of halogens is 1. The summed E-state index contributed by atoms with van der Waals surface area (Å²) in [5.41, 5.74) is 2.30. The summed E-state index contributed by atoms with van der Waals surface area (Å²) >= 11 is 5.94. The van der Waals surface area contributed by atoms with Crippen LogP contribution in [-0.4, -0.2) is 20.9 Å². The maximum Gasteiger partial charge on any atom is 0.417 e. The molecule has 3 aromatic rings. The lowest BCUT2D eigenvalue weighted by molar-refractivity contribution is 0.214. The van der Waals surface area contributed by atoms with E-state index in [-0.39, 0.29) is 0 Å². The molecule has 0 spiro atoms. The molecule has 1 aromatic carbocycles. The maximum absolute atomic E-state index is 12.1. The molecule has 6 nitrogen and oxygen atoms in total. The lowest BCUT2D eigenvalue weighted by Gasteiger charge is -2.10. The Balaban J connectivity index is 1.81. The molecule has 0 aliphatic carbocycles. The van der Waals surface area contributed by atoms with Crippen LogP contribution in [0.5, 0.6) is 5.75 Å². The fourth-order valence-corrected chi connectivity index (χ4v) is 2.52. The molecule has 128 valence electrons. The van der Waals surface area contributed by atoms with Gasteiger partial charge < -0.3 is 4.74 Å². The summed E-state index contributed by atoms with van der Waals surface area (Å²) in [6, 6.07) is 10.7. The number of anilines is 1. The minimum absolute atomic E-state index is 0.434. The van der Waals surface area contributed by atoms with E-state index in [0.29, 0.717) is 16.5 Å². The molecule has 0 radical (unpaired) electrons. The number of hydrogen-bond donors (Lipinski definition) is 1. The van der Waals surface area contributed by atoms with E-state index in [1.54, 1.807) is 47.5 Å². The van der Waals surface area contributed by atoms with E-state index in [0.717, 1.165) is 24.2 Å². The van der Waals surface area contributed by atoms with Crippen molar-refractivity contribution in [2.45, 2.75) is 19.8 Å². The predicted octanol–water partition coefficient (Wildman–Crippen LogP) is 4.48. The molecule has 0 aliphatic rings. The predicted molar refractivity (Wildman–Crippen MR) is 96.5 cm³/mol. The molecule has 2 aromatic heterocycles. The number of pyridine rings is 1. The number of aromatic nitrogens is 3. The normalized spacial score (nSPS) is 10.5. The van der Waals surface area contributed by atoms with Crippen molar-refractivity contribution >= 4 is 23.4 Å². The van der Waals surface area contributed by atoms with Gasteiger partial charge in [0.25, 0.3) is 0 Å². The highest BCUT2D eigenvalue weighted by atomic mass is 35.5. The molecule has 0 saturated heterocycles. The van der Waals surface area contributed by atoms with Crippen molar-refractivity contribution in [3.05, 3.63) is 65.7 Å². The Morgan fingerprint density at radius 3 is 2.60 bits per heavy atom. The highest BCUT2D eigenvalue weighted by molar-refractivity contribution is 6.30. The molecule has 7 heteroatoms. The molecule has 3 rings (SSSR count). The Morgan fingerprint density at radius 1 is 1.20 bits per heavy atom. The Morgan fingerprint density at radius 2 is 1.92 bits per heavy atom. The van der Waals surface area contributed by atoms with Crippen LogP contribution in [-0.2, 0) is 6.42 Å². The second-order valence-electron chi connectivity index (χ2n) is 5.34. The van der Waals surface area contributed by atoms with Crippen LogP contribution in [0.4, 0.5) is 10.5 Å². The van der Waals surface area contributed by atoms with Gasteiger partial charge in [-0.1, -0.05) is 24.9 Å². The zero-order valence-electron chi connectivity index (χ0n) is 13.6. The molecule has 0 atom stereocenters. The van der Waals surface area contributed by atoms with E-state index >= 15 is 0 Å². The summed E-state index contributed by atoms with van der Waals surface area (Å²) in [6.45, 7) is 2.06. The van der Waals surface area contributed by atoms with Gasteiger partial charge in [0.05, 0.1) is 17.6 Å². The standard InChI is InChI=1S/C18H17ClN4O2/c1-2-3-16-17(25-18(24)22-14-8-10-20-11-9-14)12-21-23(16)15-6-4-13(19)5-7-15/h4-12H,2-3H2,1H3,(H,20,22,24).